The Morgan fingerprint density at radius 2 is 1.95 bits per heavy atom. The van der Waals surface area contributed by atoms with Crippen molar-refractivity contribution < 1.29 is 9.84 Å². The molecule has 96 valence electrons. The van der Waals surface area contributed by atoms with Gasteiger partial charge < -0.3 is 14.8 Å². The molecule has 0 radical (unpaired) electrons. The Hall–Kier alpha value is -2.27. The molecule has 0 aliphatic carbocycles. The number of pyridine rings is 1. The Morgan fingerprint density at radius 3 is 2.63 bits per heavy atom. The summed E-state index contributed by atoms with van der Waals surface area (Å²) in [6.45, 7) is 0. The number of aromatic hydroxyl groups is 1. The highest BCUT2D eigenvalue weighted by atomic mass is 32.1. The monoisotopic (exact) mass is 273 g/mol. The van der Waals surface area contributed by atoms with E-state index in [1.165, 1.54) is 17.4 Å². The smallest absolute Gasteiger partial charge is 0.252 e. The van der Waals surface area contributed by atoms with Crippen molar-refractivity contribution in [3.05, 3.63) is 46.8 Å². The van der Waals surface area contributed by atoms with Gasteiger partial charge in [0.15, 0.2) is 0 Å². The van der Waals surface area contributed by atoms with Crippen LogP contribution in [0.4, 0.5) is 0 Å². The standard InChI is InChI=1S/C14H11NO3S/c1-18-9-4-2-8(3-5-9)12-6-10-14(19-12)11(16)7-13(17)15-10/h2-7H,1H3,(H2,15,16,17). The molecule has 0 fully saturated rings. The molecule has 19 heavy (non-hydrogen) atoms. The summed E-state index contributed by atoms with van der Waals surface area (Å²) in [5.41, 5.74) is 1.37. The van der Waals surface area contributed by atoms with Crippen molar-refractivity contribution in [3.63, 3.8) is 0 Å². The van der Waals surface area contributed by atoms with Crippen LogP contribution in [-0.2, 0) is 0 Å². The molecule has 0 saturated carbocycles. The predicted molar refractivity (Wildman–Crippen MR) is 76.1 cm³/mol. The number of rotatable bonds is 2. The first-order valence-corrected chi connectivity index (χ1v) is 6.49. The fourth-order valence-corrected chi connectivity index (χ4v) is 2.96. The molecule has 4 nitrogen and oxygen atoms in total. The number of ether oxygens (including phenoxy) is 1. The molecular weight excluding hydrogens is 262 g/mol. The molecule has 3 rings (SSSR count). The summed E-state index contributed by atoms with van der Waals surface area (Å²) in [4.78, 5) is 15.0. The minimum Gasteiger partial charge on any atom is -0.506 e. The predicted octanol–water partition coefficient (Wildman–Crippen LogP) is 2.97. The molecule has 3 aromatic rings. The zero-order chi connectivity index (χ0) is 13.4. The van der Waals surface area contributed by atoms with Gasteiger partial charge in [0.25, 0.3) is 5.56 Å². The summed E-state index contributed by atoms with van der Waals surface area (Å²) >= 11 is 1.44. The molecule has 1 aromatic carbocycles. The van der Waals surface area contributed by atoms with Crippen LogP contribution in [0.1, 0.15) is 0 Å². The average Bonchev–Trinajstić information content (AvgIpc) is 2.83. The lowest BCUT2D eigenvalue weighted by Gasteiger charge is -2.00. The second-order valence-electron chi connectivity index (χ2n) is 4.10. The Labute approximate surface area is 112 Å². The van der Waals surface area contributed by atoms with Crippen LogP contribution in [0.25, 0.3) is 20.7 Å². The SMILES string of the molecule is COc1ccc(-c2cc3[nH]c(=O)cc(O)c3s2)cc1. The molecule has 2 aromatic heterocycles. The maximum absolute atomic E-state index is 11.3. The third-order valence-electron chi connectivity index (χ3n) is 2.86. The van der Waals surface area contributed by atoms with Crippen molar-refractivity contribution in [1.29, 1.82) is 0 Å². The number of hydrogen-bond acceptors (Lipinski definition) is 4. The van der Waals surface area contributed by atoms with Gasteiger partial charge in [0.05, 0.1) is 17.3 Å². The van der Waals surface area contributed by atoms with E-state index >= 15 is 0 Å². The number of aromatic nitrogens is 1. The first-order valence-electron chi connectivity index (χ1n) is 5.67. The van der Waals surface area contributed by atoms with E-state index in [0.29, 0.717) is 10.2 Å². The lowest BCUT2D eigenvalue weighted by Crippen LogP contribution is -2.01. The Morgan fingerprint density at radius 1 is 1.21 bits per heavy atom. The van der Waals surface area contributed by atoms with E-state index in [2.05, 4.69) is 4.98 Å². The molecule has 2 N–H and O–H groups in total. The average molecular weight is 273 g/mol. The van der Waals surface area contributed by atoms with E-state index in [9.17, 15) is 9.90 Å². The van der Waals surface area contributed by atoms with Gasteiger partial charge in [-0.3, -0.25) is 4.79 Å². The summed E-state index contributed by atoms with van der Waals surface area (Å²) in [5.74, 6) is 0.810. The number of hydrogen-bond donors (Lipinski definition) is 2. The Bertz CT molecular complexity index is 787. The number of methoxy groups -OCH3 is 1. The third kappa shape index (κ3) is 2.08. The fraction of sp³-hybridized carbons (Fsp3) is 0.0714. The van der Waals surface area contributed by atoms with Crippen molar-refractivity contribution in [1.82, 2.24) is 4.98 Å². The topological polar surface area (TPSA) is 62.3 Å². The summed E-state index contributed by atoms with van der Waals surface area (Å²) in [7, 11) is 1.62. The molecule has 0 saturated heterocycles. The Balaban J connectivity index is 2.14. The van der Waals surface area contributed by atoms with Gasteiger partial charge in [-0.1, -0.05) is 0 Å². The van der Waals surface area contributed by atoms with Crippen molar-refractivity contribution >= 4 is 21.6 Å². The third-order valence-corrected chi connectivity index (χ3v) is 4.07. The van der Waals surface area contributed by atoms with Gasteiger partial charge in [0.1, 0.15) is 11.5 Å². The van der Waals surface area contributed by atoms with Crippen LogP contribution in [0, 0.1) is 0 Å². The van der Waals surface area contributed by atoms with E-state index in [4.69, 9.17) is 4.74 Å². The highest BCUT2D eigenvalue weighted by molar-refractivity contribution is 7.22. The van der Waals surface area contributed by atoms with Gasteiger partial charge >= 0.3 is 0 Å². The molecule has 0 aliphatic rings. The number of benzene rings is 1. The minimum atomic E-state index is -0.302. The van der Waals surface area contributed by atoms with Crippen LogP contribution in [0.15, 0.2) is 41.2 Å². The van der Waals surface area contributed by atoms with E-state index in [1.54, 1.807) is 7.11 Å². The lowest BCUT2D eigenvalue weighted by atomic mass is 10.2. The molecule has 0 amide bonds. The van der Waals surface area contributed by atoms with Crippen LogP contribution in [0.2, 0.25) is 0 Å². The first-order chi connectivity index (χ1) is 9.17. The zero-order valence-electron chi connectivity index (χ0n) is 10.1. The van der Waals surface area contributed by atoms with Gasteiger partial charge in [-0.25, -0.2) is 0 Å². The molecule has 0 spiro atoms. The van der Waals surface area contributed by atoms with Crippen LogP contribution >= 0.6 is 11.3 Å². The highest BCUT2D eigenvalue weighted by Crippen LogP contribution is 2.36. The first kappa shape index (κ1) is 11.8. The van der Waals surface area contributed by atoms with Crippen molar-refractivity contribution in [3.8, 4) is 21.9 Å². The van der Waals surface area contributed by atoms with Crippen molar-refractivity contribution in [2.45, 2.75) is 0 Å². The van der Waals surface area contributed by atoms with Gasteiger partial charge in [-0.2, -0.15) is 0 Å². The van der Waals surface area contributed by atoms with E-state index in [0.717, 1.165) is 16.2 Å². The minimum absolute atomic E-state index is 0.0171. The van der Waals surface area contributed by atoms with Gasteiger partial charge in [0.2, 0.25) is 0 Å². The van der Waals surface area contributed by atoms with Crippen LogP contribution in [0.5, 0.6) is 11.5 Å². The fourth-order valence-electron chi connectivity index (χ4n) is 1.93. The molecule has 0 bridgehead atoms. The quantitative estimate of drug-likeness (QED) is 0.754. The number of thiophene rings is 1. The largest absolute Gasteiger partial charge is 0.506 e. The van der Waals surface area contributed by atoms with Crippen molar-refractivity contribution in [2.75, 3.05) is 7.11 Å². The molecule has 2 heterocycles. The summed E-state index contributed by atoms with van der Waals surface area (Å²) < 4.78 is 5.80. The maximum atomic E-state index is 11.3. The van der Waals surface area contributed by atoms with Gasteiger partial charge in [-0.15, -0.1) is 11.3 Å². The van der Waals surface area contributed by atoms with Crippen LogP contribution in [-0.4, -0.2) is 17.2 Å². The zero-order valence-corrected chi connectivity index (χ0v) is 11.0. The number of fused-ring (bicyclic) bond motifs is 1. The number of nitrogens with one attached hydrogen (secondary N) is 1. The highest BCUT2D eigenvalue weighted by Gasteiger charge is 2.09. The van der Waals surface area contributed by atoms with Crippen LogP contribution < -0.4 is 10.3 Å². The number of aromatic amines is 1. The van der Waals surface area contributed by atoms with Gasteiger partial charge in [0, 0.05) is 10.9 Å². The normalized spacial score (nSPS) is 10.8. The lowest BCUT2D eigenvalue weighted by molar-refractivity contribution is 0.415. The maximum Gasteiger partial charge on any atom is 0.252 e. The van der Waals surface area contributed by atoms with Crippen LogP contribution in [0.3, 0.4) is 0 Å². The number of H-pyrrole nitrogens is 1. The van der Waals surface area contributed by atoms with Crippen molar-refractivity contribution in [2.24, 2.45) is 0 Å². The molecule has 0 atom stereocenters. The van der Waals surface area contributed by atoms with E-state index in [-0.39, 0.29) is 11.3 Å². The second-order valence-corrected chi connectivity index (χ2v) is 5.15. The Kier molecular flexibility index (Phi) is 2.76. The van der Waals surface area contributed by atoms with E-state index < -0.39 is 0 Å². The molecule has 0 aliphatic heterocycles. The van der Waals surface area contributed by atoms with E-state index in [1.807, 2.05) is 30.3 Å². The summed E-state index contributed by atoms with van der Waals surface area (Å²) in [6.07, 6.45) is 0. The molecule has 0 unspecified atom stereocenters. The summed E-state index contributed by atoms with van der Waals surface area (Å²) in [6, 6.07) is 10.7. The second kappa shape index (κ2) is 4.44. The summed E-state index contributed by atoms with van der Waals surface area (Å²) in [5, 5.41) is 9.76. The molecular formula is C14H11NO3S. The molecule has 5 heteroatoms. The van der Waals surface area contributed by atoms with Gasteiger partial charge in [-0.05, 0) is 35.9 Å².